The highest BCUT2D eigenvalue weighted by atomic mass is 32.2. The zero-order valence-electron chi connectivity index (χ0n) is 85.2. The van der Waals surface area contributed by atoms with Crippen molar-refractivity contribution in [3.8, 4) is 0 Å². The molecule has 41 heteroatoms. The van der Waals surface area contributed by atoms with Gasteiger partial charge in [-0.15, -0.1) is 0 Å². The molecule has 2 aromatic carbocycles. The number of esters is 4. The Kier molecular flexibility index (Phi) is 55.4. The zero-order chi connectivity index (χ0) is 105. The van der Waals surface area contributed by atoms with Crippen LogP contribution in [0.2, 0.25) is 0 Å². The molecule has 3 aromatic rings. The van der Waals surface area contributed by atoms with Crippen molar-refractivity contribution in [3.63, 3.8) is 0 Å². The number of carboxylic acid groups (broad SMARTS) is 1. The highest BCUT2D eigenvalue weighted by molar-refractivity contribution is 7.99. The summed E-state index contributed by atoms with van der Waals surface area (Å²) in [5.74, 6) is -3.79. The van der Waals surface area contributed by atoms with Crippen LogP contribution in [0.25, 0.3) is 10.9 Å². The van der Waals surface area contributed by atoms with Gasteiger partial charge in [0.15, 0.2) is 36.5 Å². The van der Waals surface area contributed by atoms with E-state index in [4.69, 9.17) is 96.7 Å². The Bertz CT molecular complexity index is 4340. The minimum absolute atomic E-state index is 0.0183. The second-order valence-electron chi connectivity index (χ2n) is 36.6. The number of Topliss-reactive ketones (excluding diaryl/α,β-unsaturated/α-hetero) is 1. The predicted octanol–water partition coefficient (Wildman–Crippen LogP) is 5.43. The van der Waals surface area contributed by atoms with E-state index in [-0.39, 0.29) is 165 Å². The number of carbonyl (C=O) groups is 9. The van der Waals surface area contributed by atoms with Crippen molar-refractivity contribution in [3.05, 3.63) is 76.5 Å². The number of carbonyl (C=O) groups excluding carboxylic acids is 10. The lowest BCUT2D eigenvalue weighted by atomic mass is 9.47. The first-order chi connectivity index (χ1) is 67.4. The molecule has 1 aliphatic carbocycles. The highest BCUT2D eigenvalue weighted by Gasteiger charge is 2.78. The Morgan fingerprint density at radius 2 is 1.15 bits per heavy atom. The molecule has 1 spiro atoms. The number of aliphatic carboxylic acids is 1. The fourth-order valence-electron chi connectivity index (χ4n) is 19.6. The lowest BCUT2D eigenvalue weighted by Crippen LogP contribution is -2.80. The van der Waals surface area contributed by atoms with E-state index in [2.05, 4.69) is 112 Å². The van der Waals surface area contributed by atoms with Gasteiger partial charge in [0, 0.05) is 158 Å². The summed E-state index contributed by atoms with van der Waals surface area (Å²) in [6.45, 7) is 22.6. The average Bonchev–Trinajstić information content (AvgIpc) is 1.44. The number of rotatable bonds is 58. The Labute approximate surface area is 833 Å². The van der Waals surface area contributed by atoms with Crippen molar-refractivity contribution in [1.29, 1.82) is 0 Å². The number of carboxylic acids is 1. The molecular formula is C100H161N7O33S. The second-order valence-corrected chi connectivity index (χ2v) is 37.4. The van der Waals surface area contributed by atoms with Crippen molar-refractivity contribution < 1.29 is 160 Å². The standard InChI is InChI=1S/C61H87N5O12.C20H38N2O8S.C11H20O7.C7H16O4.CO2/c1-9-41(35-67)78-51(75-8)36-77-50(70)22-16-21-49(69)62-39(5)53(71)76-29-15-14-20-48(68)61(74)55-60(25-28-66-26-17-24-59(11-3,54(60)66)56(61)72)45-31-44(38(4)30-47(45)64(55)7)57(6)32-40-33-58(73,10-2)37-65(34-40)27-23-43-42-18-12-13-19-46(42)63-52(43)57;1-4-16(13-23)30-20(27-2)14-29-19(26)8-7-17(24)21-9-5-11-28-12-6-10-22-18(25)15-31-3;1-3-8(6-12)18-11(16-2)7-17-10(15)5-4-9(13)14;1-3-6(4-8)11-7(5-9)10-2;2-1-3/h12-13,17-19,24,30-31,39-41,51,54-56,63,67,72-74H,9-11,14-16,20-23,25-29,32-37H2,1-8H3,(H,62,69);16,20,23H,4-15H2,1-3H3,(H,21,24)(H,22,25);8,11-12H,3-7H2,1-2H3,(H,13,14);6-9H,3-5H2,1-2H3;/t39?,40?,41?,51?,54?,55?,56-,57-,58?,59-,60-,61+;;;;/m1..../s1. The van der Waals surface area contributed by atoms with Gasteiger partial charge in [-0.3, -0.25) is 48.2 Å². The molecule has 9 rings (SSSR count). The number of amides is 3. The van der Waals surface area contributed by atoms with Gasteiger partial charge < -0.3 is 133 Å². The van der Waals surface area contributed by atoms with Crippen molar-refractivity contribution in [2.45, 2.75) is 299 Å². The van der Waals surface area contributed by atoms with Crippen molar-refractivity contribution in [1.82, 2.24) is 30.7 Å². The van der Waals surface area contributed by atoms with E-state index in [0.29, 0.717) is 103 Å². The SMILES string of the molecule is CCC(CO)OC(CO)OC.CCC(CO)OC(COC(=O)CCC(=O)NCCCOCCCNC(=O)CSC)OC.CCC(CO)OC(COC(=O)CCC(=O)O)OC.CCC(CO)OC(COC(=O)CCCC(=O)NC(C)C(=O)OCCCCC(=O)[C@]1(O)C2N(C)c3cc(C)c([C@@]4(C)CC5CN(CCc6c4[nH]c4ccccc64)CC(O)(CC)C5)cc3[C@@]23CCN2CC=C[C@](CC)(C23)[C@H]1O)OC.O=C=O. The maximum absolute atomic E-state index is 15.2. The van der Waals surface area contributed by atoms with Crippen LogP contribution in [0.5, 0.6) is 0 Å². The van der Waals surface area contributed by atoms with E-state index in [1.54, 1.807) is 0 Å². The van der Waals surface area contributed by atoms with Crippen molar-refractivity contribution in [2.75, 3.05) is 171 Å². The number of nitrogens with zero attached hydrogens (tertiary/aromatic N) is 3. The van der Waals surface area contributed by atoms with Gasteiger partial charge in [-0.2, -0.15) is 21.4 Å². The molecule has 3 amide bonds. The number of aliphatic hydroxyl groups excluding tert-OH is 6. The molecule has 2 bridgehead atoms. The van der Waals surface area contributed by atoms with Crippen LogP contribution in [0.4, 0.5) is 5.69 Å². The predicted molar refractivity (Wildman–Crippen MR) is 520 cm³/mol. The number of benzene rings is 2. The van der Waals surface area contributed by atoms with E-state index >= 15 is 4.79 Å². The molecule has 40 nitrogen and oxygen atoms in total. The number of hydrogen-bond donors (Lipinski definition) is 13. The van der Waals surface area contributed by atoms with Crippen LogP contribution in [0.15, 0.2) is 48.6 Å². The number of thioether (sulfide) groups is 1. The molecule has 6 aliphatic rings. The normalized spacial score (nSPS) is 23.7. The summed E-state index contributed by atoms with van der Waals surface area (Å²) >= 11 is 1.48. The number of fused-ring (bicyclic) bond motifs is 6. The fourth-order valence-corrected chi connectivity index (χ4v) is 20.0. The summed E-state index contributed by atoms with van der Waals surface area (Å²) in [6.07, 6.45) is 8.82. The smallest absolute Gasteiger partial charge is 0.373 e. The molecule has 1 saturated carbocycles. The van der Waals surface area contributed by atoms with E-state index in [1.807, 2.05) is 41.0 Å². The number of nitrogens with one attached hydrogen (secondary N) is 4. The number of piperidine rings is 1. The summed E-state index contributed by atoms with van der Waals surface area (Å²) in [4.78, 5) is 137. The molecule has 19 atom stereocenters. The van der Waals surface area contributed by atoms with Gasteiger partial charge in [0.1, 0.15) is 32.0 Å². The first-order valence-corrected chi connectivity index (χ1v) is 50.7. The summed E-state index contributed by atoms with van der Waals surface area (Å²) in [5, 5.41) is 101. The third kappa shape index (κ3) is 35.7. The van der Waals surface area contributed by atoms with Gasteiger partial charge in [0.25, 0.3) is 0 Å². The molecule has 6 heterocycles. The number of aromatic nitrogens is 1. The number of hydrogen-bond acceptors (Lipinski definition) is 36. The van der Waals surface area contributed by atoms with Crippen LogP contribution < -0.4 is 20.9 Å². The van der Waals surface area contributed by atoms with Crippen LogP contribution in [0.3, 0.4) is 0 Å². The van der Waals surface area contributed by atoms with Crippen molar-refractivity contribution >= 4 is 87.9 Å². The maximum atomic E-state index is 15.2. The Balaban J connectivity index is 0.000000451. The van der Waals surface area contributed by atoms with Crippen LogP contribution in [0, 0.1) is 18.3 Å². The quantitative estimate of drug-likeness (QED) is 0.0110. The molecule has 800 valence electrons. The van der Waals surface area contributed by atoms with Crippen LogP contribution in [0.1, 0.15) is 218 Å². The van der Waals surface area contributed by atoms with Crippen LogP contribution in [-0.4, -0.2) is 371 Å². The number of para-hydroxylation sites is 1. The highest BCUT2D eigenvalue weighted by Crippen LogP contribution is 2.67. The first-order valence-electron chi connectivity index (χ1n) is 49.3. The van der Waals surface area contributed by atoms with Gasteiger partial charge >= 0.3 is 36.0 Å². The fraction of sp³-hybridized carbons (Fsp3) is 0.740. The Hall–Kier alpha value is -8.08. The summed E-state index contributed by atoms with van der Waals surface area (Å²) < 4.78 is 67.4. The third-order valence-electron chi connectivity index (χ3n) is 27.0. The molecule has 0 radical (unpaired) electrons. The van der Waals surface area contributed by atoms with Crippen LogP contribution in [-0.2, 0) is 132 Å². The lowest BCUT2D eigenvalue weighted by Gasteiger charge is -2.63. The zero-order valence-corrected chi connectivity index (χ0v) is 86.0. The summed E-state index contributed by atoms with van der Waals surface area (Å²) in [7, 11) is 7.65. The van der Waals surface area contributed by atoms with E-state index in [0.717, 1.165) is 67.6 Å². The molecule has 141 heavy (non-hydrogen) atoms. The van der Waals surface area contributed by atoms with Gasteiger partial charge in [-0.1, -0.05) is 78.0 Å². The van der Waals surface area contributed by atoms with Crippen LogP contribution >= 0.6 is 11.8 Å². The maximum Gasteiger partial charge on any atom is 0.373 e. The Morgan fingerprint density at radius 1 is 0.610 bits per heavy atom. The van der Waals surface area contributed by atoms with E-state index in [1.165, 1.54) is 69.3 Å². The minimum Gasteiger partial charge on any atom is -0.481 e. The number of methoxy groups -OCH3 is 4. The first kappa shape index (κ1) is 123. The van der Waals surface area contributed by atoms with E-state index in [9.17, 15) is 58.8 Å². The number of ether oxygens (including phenoxy) is 13. The lowest BCUT2D eigenvalue weighted by molar-refractivity contribution is -0.202. The number of aliphatic hydroxyl groups is 8. The molecule has 5 aliphatic heterocycles. The second kappa shape index (κ2) is 63.4. The van der Waals surface area contributed by atoms with Crippen molar-refractivity contribution in [2.24, 2.45) is 11.3 Å². The minimum atomic E-state index is -2.17. The molecule has 2 saturated heterocycles. The molecule has 14 unspecified atom stereocenters. The monoisotopic (exact) mass is 2020 g/mol. The molecule has 3 fully saturated rings. The number of ketones is 1. The number of unbranched alkanes of at least 4 members (excludes halogenated alkanes) is 1. The van der Waals surface area contributed by atoms with Gasteiger partial charge in [0.2, 0.25) is 17.7 Å². The third-order valence-corrected chi connectivity index (χ3v) is 27.6. The number of likely N-dealkylation sites (N-methyl/N-ethyl adjacent to an activating group) is 1. The number of aryl methyl sites for hydroxylation is 1. The average molecular weight is 2020 g/mol. The number of aromatic amines is 1. The summed E-state index contributed by atoms with van der Waals surface area (Å²) in [6, 6.07) is 11.4. The summed E-state index contributed by atoms with van der Waals surface area (Å²) in [5.41, 5.74) is 2.93. The Morgan fingerprint density at radius 3 is 1.67 bits per heavy atom. The number of anilines is 1. The van der Waals surface area contributed by atoms with Gasteiger partial charge in [-0.25, -0.2) is 4.79 Å². The molecule has 13 N–H and O–H groups in total. The largest absolute Gasteiger partial charge is 0.481 e. The molecule has 1 aromatic heterocycles. The van der Waals surface area contributed by atoms with E-state index < -0.39 is 118 Å². The van der Waals surface area contributed by atoms with Gasteiger partial charge in [-0.05, 0) is 170 Å². The topological polar surface area (TPSA) is 551 Å². The molecular weight excluding hydrogens is 1860 g/mol. The van der Waals surface area contributed by atoms with Gasteiger partial charge in [0.05, 0.1) is 101 Å². The number of H-pyrrole nitrogens is 1.